The van der Waals surface area contributed by atoms with Gasteiger partial charge in [-0.3, -0.25) is 8.75 Å². The minimum Gasteiger partial charge on any atom is -0.293 e. The molecule has 8 nitrogen and oxygen atoms in total. The number of rotatable bonds is 3. The molecule has 126 valence electrons. The molecule has 0 aliphatic carbocycles. The molecule has 12 heteroatoms. The molecule has 4 heterocycles. The van der Waals surface area contributed by atoms with Gasteiger partial charge in [-0.25, -0.2) is 19.9 Å². The number of aromatic amines is 2. The van der Waals surface area contributed by atoms with Crippen LogP contribution >= 0.6 is 45.0 Å². The number of hydrogen-bond acceptors (Lipinski definition) is 10. The van der Waals surface area contributed by atoms with Gasteiger partial charge in [0.1, 0.15) is 22.1 Å². The SMILES string of the molecule is c1cc2[nH]snc2c2nc(SSc3nc4ccc5[nH]snc5c4n3)nc12. The van der Waals surface area contributed by atoms with Crippen molar-refractivity contribution in [3.05, 3.63) is 24.3 Å². The minimum absolute atomic E-state index is 0.673. The van der Waals surface area contributed by atoms with Gasteiger partial charge in [-0.2, -0.15) is 8.75 Å². The number of nitrogens with zero attached hydrogens (tertiary/aromatic N) is 6. The van der Waals surface area contributed by atoms with E-state index in [-0.39, 0.29) is 0 Å². The van der Waals surface area contributed by atoms with Gasteiger partial charge >= 0.3 is 0 Å². The van der Waals surface area contributed by atoms with Crippen molar-refractivity contribution in [2.45, 2.75) is 10.3 Å². The largest absolute Gasteiger partial charge is 0.293 e. The van der Waals surface area contributed by atoms with E-state index in [2.05, 4.69) is 37.4 Å². The van der Waals surface area contributed by atoms with Gasteiger partial charge in [0.2, 0.25) is 0 Å². The van der Waals surface area contributed by atoms with Crippen LogP contribution in [-0.2, 0) is 0 Å². The van der Waals surface area contributed by atoms with E-state index in [9.17, 15) is 0 Å². The van der Waals surface area contributed by atoms with E-state index >= 15 is 0 Å². The number of imidazole rings is 2. The van der Waals surface area contributed by atoms with Gasteiger partial charge in [0.05, 0.1) is 22.1 Å². The molecule has 0 fully saturated rings. The van der Waals surface area contributed by atoms with Crippen LogP contribution in [0.15, 0.2) is 34.6 Å². The molecule has 26 heavy (non-hydrogen) atoms. The fourth-order valence-electron chi connectivity index (χ4n) is 2.72. The number of aromatic nitrogens is 8. The van der Waals surface area contributed by atoms with Crippen LogP contribution in [-0.4, -0.2) is 37.4 Å². The van der Waals surface area contributed by atoms with Crippen molar-refractivity contribution in [1.29, 1.82) is 0 Å². The fraction of sp³-hybridized carbons (Fsp3) is 0. The first-order valence-corrected chi connectivity index (χ1v) is 11.1. The Bertz CT molecular complexity index is 1300. The zero-order valence-electron chi connectivity index (χ0n) is 12.6. The lowest BCUT2D eigenvalue weighted by molar-refractivity contribution is 1.08. The Labute approximate surface area is 160 Å². The van der Waals surface area contributed by atoms with Crippen LogP contribution in [0.4, 0.5) is 0 Å². The van der Waals surface area contributed by atoms with Crippen LogP contribution in [0.5, 0.6) is 0 Å². The highest BCUT2D eigenvalue weighted by atomic mass is 33.1. The third-order valence-electron chi connectivity index (χ3n) is 3.88. The monoisotopic (exact) mass is 414 g/mol. The summed E-state index contributed by atoms with van der Waals surface area (Å²) < 4.78 is 15.0. The van der Waals surface area contributed by atoms with Crippen molar-refractivity contribution in [2.75, 3.05) is 0 Å². The predicted molar refractivity (Wildman–Crippen MR) is 106 cm³/mol. The van der Waals surface area contributed by atoms with Crippen molar-refractivity contribution in [3.63, 3.8) is 0 Å². The summed E-state index contributed by atoms with van der Waals surface area (Å²) in [6.45, 7) is 0. The second-order valence-electron chi connectivity index (χ2n) is 5.41. The summed E-state index contributed by atoms with van der Waals surface area (Å²) in [7, 11) is 2.88. The summed E-state index contributed by atoms with van der Waals surface area (Å²) in [4.78, 5) is 18.3. The zero-order valence-corrected chi connectivity index (χ0v) is 15.9. The van der Waals surface area contributed by atoms with Crippen LogP contribution in [0.25, 0.3) is 44.1 Å². The highest BCUT2D eigenvalue weighted by Crippen LogP contribution is 2.37. The molecule has 0 spiro atoms. The molecule has 6 rings (SSSR count). The Morgan fingerprint density at radius 3 is 1.62 bits per heavy atom. The molecule has 0 radical (unpaired) electrons. The average Bonchev–Trinajstić information content (AvgIpc) is 3.43. The lowest BCUT2D eigenvalue weighted by Gasteiger charge is -1.89. The first-order chi connectivity index (χ1) is 12.8. The van der Waals surface area contributed by atoms with Crippen LogP contribution < -0.4 is 0 Å². The second-order valence-corrected chi connectivity index (χ2v) is 8.61. The normalized spacial score (nSPS) is 12.2. The topological polar surface area (TPSA) is 109 Å². The summed E-state index contributed by atoms with van der Waals surface area (Å²) in [6, 6.07) is 7.85. The number of hydrogen-bond donors (Lipinski definition) is 2. The second kappa shape index (κ2) is 5.61. The summed E-state index contributed by atoms with van der Waals surface area (Å²) >= 11 is 2.62. The summed E-state index contributed by atoms with van der Waals surface area (Å²) in [5, 5.41) is 1.35. The molecule has 0 bridgehead atoms. The highest BCUT2D eigenvalue weighted by Gasteiger charge is 2.14. The molecule has 0 unspecified atom stereocenters. The zero-order chi connectivity index (χ0) is 17.1. The first-order valence-electron chi connectivity index (χ1n) is 7.41. The van der Waals surface area contributed by atoms with E-state index in [1.54, 1.807) is 0 Å². The molecule has 2 N–H and O–H groups in total. The molecule has 0 aliphatic rings. The Morgan fingerprint density at radius 1 is 0.615 bits per heavy atom. The number of benzene rings is 2. The van der Waals surface area contributed by atoms with Crippen molar-refractivity contribution in [2.24, 2.45) is 0 Å². The minimum atomic E-state index is 0.673. The Hall–Kier alpha value is -2.28. The molecular weight excluding hydrogens is 408 g/mol. The number of H-pyrrole nitrogens is 2. The van der Waals surface area contributed by atoms with Gasteiger partial charge in [0.15, 0.2) is 10.3 Å². The maximum Gasteiger partial charge on any atom is 0.200 e. The maximum atomic E-state index is 4.61. The van der Waals surface area contributed by atoms with Gasteiger partial charge in [-0.05, 0) is 45.9 Å². The summed E-state index contributed by atoms with van der Waals surface area (Å²) in [5.41, 5.74) is 6.97. The van der Waals surface area contributed by atoms with E-state index in [4.69, 9.17) is 0 Å². The van der Waals surface area contributed by atoms with Gasteiger partial charge in [0, 0.05) is 23.5 Å². The molecule has 0 saturated carbocycles. The first kappa shape index (κ1) is 14.8. The smallest absolute Gasteiger partial charge is 0.200 e. The molecule has 4 aromatic heterocycles. The Morgan fingerprint density at radius 2 is 1.12 bits per heavy atom. The van der Waals surface area contributed by atoms with E-state index < -0.39 is 0 Å². The number of fused-ring (bicyclic) bond motifs is 6. The highest BCUT2D eigenvalue weighted by molar-refractivity contribution is 8.76. The molecule has 0 amide bonds. The average molecular weight is 415 g/mol. The predicted octanol–water partition coefficient (Wildman–Crippen LogP) is 4.25. The summed E-state index contributed by atoms with van der Waals surface area (Å²) in [6.07, 6.45) is 0. The standard InChI is InChI=1S/C14H6N8S4/c1-3-7-11(21-25-19-7)9-5(1)15-13(17-9)23-24-14-16-6-2-4-8-12(10(6)18-14)22-26-20-8/h1-4,19-20H. The van der Waals surface area contributed by atoms with Crippen molar-refractivity contribution >= 4 is 89.2 Å². The molecule has 6 aromatic rings. The van der Waals surface area contributed by atoms with Gasteiger partial charge in [-0.15, -0.1) is 0 Å². The molecule has 0 aliphatic heterocycles. The Balaban J connectivity index is 1.34. The maximum absolute atomic E-state index is 4.61. The van der Waals surface area contributed by atoms with Crippen LogP contribution in [0.1, 0.15) is 0 Å². The van der Waals surface area contributed by atoms with Crippen molar-refractivity contribution in [3.8, 4) is 0 Å². The lowest BCUT2D eigenvalue weighted by Crippen LogP contribution is -1.74. The van der Waals surface area contributed by atoms with Gasteiger partial charge in [-0.1, -0.05) is 0 Å². The third kappa shape index (κ3) is 2.23. The summed E-state index contributed by atoms with van der Waals surface area (Å²) in [5.74, 6) is 0. The fourth-order valence-corrected chi connectivity index (χ4v) is 5.46. The number of nitrogens with one attached hydrogen (secondary N) is 2. The van der Waals surface area contributed by atoms with E-state index in [1.165, 1.54) is 45.0 Å². The van der Waals surface area contributed by atoms with E-state index in [0.717, 1.165) is 44.1 Å². The molecule has 2 aromatic carbocycles. The third-order valence-corrected chi connectivity index (χ3v) is 6.94. The Kier molecular flexibility index (Phi) is 3.20. The van der Waals surface area contributed by atoms with E-state index in [1.807, 2.05) is 24.3 Å². The van der Waals surface area contributed by atoms with Crippen molar-refractivity contribution < 1.29 is 0 Å². The van der Waals surface area contributed by atoms with Gasteiger partial charge in [0.25, 0.3) is 0 Å². The van der Waals surface area contributed by atoms with Gasteiger partial charge < -0.3 is 0 Å². The van der Waals surface area contributed by atoms with Crippen LogP contribution in [0.3, 0.4) is 0 Å². The lowest BCUT2D eigenvalue weighted by atomic mass is 10.3. The van der Waals surface area contributed by atoms with E-state index in [0.29, 0.717) is 10.3 Å². The van der Waals surface area contributed by atoms with Crippen LogP contribution in [0, 0.1) is 0 Å². The van der Waals surface area contributed by atoms with Crippen molar-refractivity contribution in [1.82, 2.24) is 37.4 Å². The van der Waals surface area contributed by atoms with Crippen LogP contribution in [0.2, 0.25) is 0 Å². The molecular formula is C14H6N8S4. The quantitative estimate of drug-likeness (QED) is 0.414. The molecule has 0 atom stereocenters. The molecule has 0 saturated heterocycles.